The van der Waals surface area contributed by atoms with Crippen molar-refractivity contribution in [2.75, 3.05) is 7.11 Å². The molecule has 1 aromatic carbocycles. The summed E-state index contributed by atoms with van der Waals surface area (Å²) in [5.41, 5.74) is 1.92. The number of hydrogen-bond donors (Lipinski definition) is 0. The van der Waals surface area contributed by atoms with Gasteiger partial charge in [0.05, 0.1) is 13.3 Å². The summed E-state index contributed by atoms with van der Waals surface area (Å²) >= 11 is 1.63. The topological polar surface area (TPSA) is 65.7 Å². The first-order valence-corrected chi connectivity index (χ1v) is 7.68. The van der Waals surface area contributed by atoms with Gasteiger partial charge in [-0.05, 0) is 17.7 Å². The van der Waals surface area contributed by atoms with Crippen LogP contribution in [0.2, 0.25) is 0 Å². The van der Waals surface area contributed by atoms with Crippen LogP contribution in [-0.4, -0.2) is 31.8 Å². The SMILES string of the molecule is COc1ccc(CSc2nnc(-c3cnccn3)n2C)cc1. The zero-order valence-electron chi connectivity index (χ0n) is 12.3. The number of methoxy groups -OCH3 is 1. The molecule has 0 radical (unpaired) electrons. The summed E-state index contributed by atoms with van der Waals surface area (Å²) in [7, 11) is 3.59. The lowest BCUT2D eigenvalue weighted by Gasteiger charge is -2.04. The normalized spacial score (nSPS) is 10.6. The summed E-state index contributed by atoms with van der Waals surface area (Å²) in [6.45, 7) is 0. The monoisotopic (exact) mass is 313 g/mol. The van der Waals surface area contributed by atoms with Crippen molar-refractivity contribution in [3.63, 3.8) is 0 Å². The lowest BCUT2D eigenvalue weighted by molar-refractivity contribution is 0.414. The van der Waals surface area contributed by atoms with E-state index in [-0.39, 0.29) is 0 Å². The fourth-order valence-electron chi connectivity index (χ4n) is 1.95. The molecule has 2 aromatic heterocycles. The highest BCUT2D eigenvalue weighted by molar-refractivity contribution is 7.98. The van der Waals surface area contributed by atoms with Crippen molar-refractivity contribution in [3.8, 4) is 17.3 Å². The van der Waals surface area contributed by atoms with Crippen LogP contribution < -0.4 is 4.74 Å². The van der Waals surface area contributed by atoms with Gasteiger partial charge in [-0.2, -0.15) is 0 Å². The molecule has 0 unspecified atom stereocenters. The zero-order chi connectivity index (χ0) is 15.4. The van der Waals surface area contributed by atoms with E-state index in [1.807, 2.05) is 35.9 Å². The molecule has 0 N–H and O–H groups in total. The molecule has 0 amide bonds. The molecular formula is C15H15N5OS. The van der Waals surface area contributed by atoms with Crippen LogP contribution in [0.3, 0.4) is 0 Å². The van der Waals surface area contributed by atoms with Crippen molar-refractivity contribution in [1.82, 2.24) is 24.7 Å². The largest absolute Gasteiger partial charge is 0.497 e. The zero-order valence-corrected chi connectivity index (χ0v) is 13.1. The summed E-state index contributed by atoms with van der Waals surface area (Å²) in [5.74, 6) is 2.39. The Labute approximate surface area is 132 Å². The number of nitrogens with zero attached hydrogens (tertiary/aromatic N) is 5. The molecule has 0 aliphatic heterocycles. The average Bonchev–Trinajstić information content (AvgIpc) is 2.95. The molecule has 7 heteroatoms. The molecule has 3 aromatic rings. The van der Waals surface area contributed by atoms with Crippen LogP contribution in [0.4, 0.5) is 0 Å². The van der Waals surface area contributed by atoms with E-state index in [2.05, 4.69) is 20.2 Å². The smallest absolute Gasteiger partial charge is 0.191 e. The first kappa shape index (κ1) is 14.5. The van der Waals surface area contributed by atoms with Crippen LogP contribution in [0.5, 0.6) is 5.75 Å². The highest BCUT2D eigenvalue weighted by Crippen LogP contribution is 2.24. The third-order valence-corrected chi connectivity index (χ3v) is 4.25. The third kappa shape index (κ3) is 3.09. The molecular weight excluding hydrogens is 298 g/mol. The van der Waals surface area contributed by atoms with Gasteiger partial charge in [0, 0.05) is 25.2 Å². The van der Waals surface area contributed by atoms with Gasteiger partial charge in [0.1, 0.15) is 11.4 Å². The van der Waals surface area contributed by atoms with Gasteiger partial charge in [-0.25, -0.2) is 4.98 Å². The number of hydrogen-bond acceptors (Lipinski definition) is 6. The van der Waals surface area contributed by atoms with Crippen LogP contribution in [0.15, 0.2) is 48.0 Å². The molecule has 6 nitrogen and oxygen atoms in total. The molecule has 0 spiro atoms. The molecule has 2 heterocycles. The van der Waals surface area contributed by atoms with Gasteiger partial charge < -0.3 is 9.30 Å². The van der Waals surface area contributed by atoms with Crippen molar-refractivity contribution in [2.24, 2.45) is 7.05 Å². The highest BCUT2D eigenvalue weighted by Gasteiger charge is 2.12. The van der Waals surface area contributed by atoms with E-state index >= 15 is 0 Å². The average molecular weight is 313 g/mol. The Kier molecular flexibility index (Phi) is 4.34. The van der Waals surface area contributed by atoms with Crippen molar-refractivity contribution in [3.05, 3.63) is 48.4 Å². The number of benzene rings is 1. The third-order valence-electron chi connectivity index (χ3n) is 3.15. The molecule has 0 aliphatic rings. The molecule has 0 saturated heterocycles. The van der Waals surface area contributed by atoms with Crippen molar-refractivity contribution in [2.45, 2.75) is 10.9 Å². The fourth-order valence-corrected chi connectivity index (χ4v) is 2.81. The Bertz CT molecular complexity index is 742. The number of aromatic nitrogens is 5. The first-order chi connectivity index (χ1) is 10.8. The Balaban J connectivity index is 1.72. The maximum atomic E-state index is 5.16. The van der Waals surface area contributed by atoms with Gasteiger partial charge in [-0.3, -0.25) is 4.98 Å². The van der Waals surface area contributed by atoms with E-state index in [9.17, 15) is 0 Å². The van der Waals surface area contributed by atoms with Gasteiger partial charge in [0.25, 0.3) is 0 Å². The summed E-state index contributed by atoms with van der Waals surface area (Å²) < 4.78 is 7.09. The Hall–Kier alpha value is -2.41. The van der Waals surface area contributed by atoms with E-state index in [0.717, 1.165) is 16.7 Å². The predicted octanol–water partition coefficient (Wildman–Crippen LogP) is 2.57. The maximum Gasteiger partial charge on any atom is 0.191 e. The minimum absolute atomic E-state index is 0.713. The standard InChI is InChI=1S/C15H15N5OS/c1-20-14(13-9-16-7-8-17-13)18-19-15(20)22-10-11-3-5-12(21-2)6-4-11/h3-9H,10H2,1-2H3. The predicted molar refractivity (Wildman–Crippen MR) is 84.6 cm³/mol. The summed E-state index contributed by atoms with van der Waals surface area (Å²) in [4.78, 5) is 8.31. The molecule has 0 aliphatic carbocycles. The second-order valence-corrected chi connectivity index (χ2v) is 5.54. The second kappa shape index (κ2) is 6.57. The molecule has 0 saturated carbocycles. The van der Waals surface area contributed by atoms with Gasteiger partial charge in [-0.15, -0.1) is 10.2 Å². The van der Waals surface area contributed by atoms with Crippen LogP contribution in [0.1, 0.15) is 5.56 Å². The van der Waals surface area contributed by atoms with Crippen LogP contribution in [-0.2, 0) is 12.8 Å². The van der Waals surface area contributed by atoms with Crippen LogP contribution in [0, 0.1) is 0 Å². The van der Waals surface area contributed by atoms with Crippen LogP contribution >= 0.6 is 11.8 Å². The number of ether oxygens (including phenoxy) is 1. The van der Waals surface area contributed by atoms with Gasteiger partial charge >= 0.3 is 0 Å². The Morgan fingerprint density at radius 3 is 2.64 bits per heavy atom. The van der Waals surface area contributed by atoms with Gasteiger partial charge in [0.15, 0.2) is 11.0 Å². The van der Waals surface area contributed by atoms with E-state index in [4.69, 9.17) is 4.74 Å². The maximum absolute atomic E-state index is 5.16. The number of thioether (sulfide) groups is 1. The molecule has 0 atom stereocenters. The Morgan fingerprint density at radius 2 is 1.95 bits per heavy atom. The van der Waals surface area contributed by atoms with E-state index in [0.29, 0.717) is 11.5 Å². The van der Waals surface area contributed by atoms with Gasteiger partial charge in [-0.1, -0.05) is 23.9 Å². The van der Waals surface area contributed by atoms with Crippen LogP contribution in [0.25, 0.3) is 11.5 Å². The molecule has 22 heavy (non-hydrogen) atoms. The summed E-state index contributed by atoms with van der Waals surface area (Å²) in [5, 5.41) is 9.26. The lowest BCUT2D eigenvalue weighted by Crippen LogP contribution is -1.97. The second-order valence-electron chi connectivity index (χ2n) is 4.59. The number of rotatable bonds is 5. The molecule has 112 valence electrons. The highest BCUT2D eigenvalue weighted by atomic mass is 32.2. The van der Waals surface area contributed by atoms with Crippen molar-refractivity contribution in [1.29, 1.82) is 0 Å². The summed E-state index contributed by atoms with van der Waals surface area (Å²) in [6.07, 6.45) is 4.97. The van der Waals surface area contributed by atoms with E-state index in [1.165, 1.54) is 5.56 Å². The van der Waals surface area contributed by atoms with Gasteiger partial charge in [0.2, 0.25) is 0 Å². The Morgan fingerprint density at radius 1 is 1.14 bits per heavy atom. The lowest BCUT2D eigenvalue weighted by atomic mass is 10.2. The molecule has 3 rings (SSSR count). The molecule has 0 fully saturated rings. The molecule has 0 bridgehead atoms. The fraction of sp³-hybridized carbons (Fsp3) is 0.200. The minimum Gasteiger partial charge on any atom is -0.497 e. The minimum atomic E-state index is 0.713. The first-order valence-electron chi connectivity index (χ1n) is 6.69. The summed E-state index contributed by atoms with van der Waals surface area (Å²) in [6, 6.07) is 8.01. The quantitative estimate of drug-likeness (QED) is 0.675. The van der Waals surface area contributed by atoms with Crippen molar-refractivity contribution >= 4 is 11.8 Å². The van der Waals surface area contributed by atoms with E-state index < -0.39 is 0 Å². The van der Waals surface area contributed by atoms with Crippen molar-refractivity contribution < 1.29 is 4.74 Å². The van der Waals surface area contributed by atoms with E-state index in [1.54, 1.807) is 37.5 Å².